The number of nitrogens with zero attached hydrogens (tertiary/aromatic N) is 1. The van der Waals surface area contributed by atoms with Gasteiger partial charge in [0.2, 0.25) is 0 Å². The minimum atomic E-state index is 0. The van der Waals surface area contributed by atoms with Crippen molar-refractivity contribution in [2.45, 2.75) is 39.5 Å². The fourth-order valence-electron chi connectivity index (χ4n) is 4.65. The van der Waals surface area contributed by atoms with Gasteiger partial charge in [0.05, 0.1) is 5.52 Å². The molecular formula is C28H27Cl2HfN. The summed E-state index contributed by atoms with van der Waals surface area (Å²) < 4.78 is 2.50. The van der Waals surface area contributed by atoms with Crippen molar-refractivity contribution in [1.82, 2.24) is 4.57 Å². The number of aromatic nitrogens is 1. The van der Waals surface area contributed by atoms with E-state index in [9.17, 15) is 0 Å². The van der Waals surface area contributed by atoms with Gasteiger partial charge in [-0.1, -0.05) is 38.1 Å². The average molecular weight is 627 g/mol. The maximum absolute atomic E-state index is 2.50. The van der Waals surface area contributed by atoms with Crippen molar-refractivity contribution in [2.24, 2.45) is 0 Å². The second-order valence-electron chi connectivity index (χ2n) is 8.22. The van der Waals surface area contributed by atoms with Crippen LogP contribution in [0.3, 0.4) is 0 Å². The monoisotopic (exact) mass is 627 g/mol. The second-order valence-corrected chi connectivity index (χ2v) is 8.22. The Balaban J connectivity index is 0.000000317. The zero-order valence-corrected chi connectivity index (χ0v) is 23.6. The van der Waals surface area contributed by atoms with E-state index in [2.05, 4.69) is 97.3 Å². The van der Waals surface area contributed by atoms with Crippen LogP contribution in [0.5, 0.6) is 0 Å². The first kappa shape index (κ1) is 26.6. The van der Waals surface area contributed by atoms with Crippen LogP contribution in [0.15, 0.2) is 78.9 Å². The summed E-state index contributed by atoms with van der Waals surface area (Å²) in [5.41, 5.74) is 8.57. The number of para-hydroxylation sites is 1. The molecule has 6 rings (SSSR count). The van der Waals surface area contributed by atoms with Crippen molar-refractivity contribution in [3.8, 4) is 5.69 Å². The molecule has 0 N–H and O–H groups in total. The summed E-state index contributed by atoms with van der Waals surface area (Å²) in [7, 11) is 0. The molecule has 4 aromatic carbocycles. The summed E-state index contributed by atoms with van der Waals surface area (Å²) in [6.07, 6.45) is 5.06. The van der Waals surface area contributed by atoms with Gasteiger partial charge in [-0.15, -0.1) is 41.1 Å². The molecule has 0 bridgehead atoms. The SMILES string of the molecule is Cc1ccc[c-]1C.[Cl-].[Cl-].[Hf+4].c1ccc2[cH-]c(-n3c4c(c5ccccc53)CCCC4)cc2c1. The smallest absolute Gasteiger partial charge is 1.00 e. The van der Waals surface area contributed by atoms with E-state index >= 15 is 0 Å². The van der Waals surface area contributed by atoms with E-state index in [1.165, 1.54) is 69.9 Å². The molecule has 0 amide bonds. The van der Waals surface area contributed by atoms with Gasteiger partial charge >= 0.3 is 25.8 Å². The van der Waals surface area contributed by atoms with Gasteiger partial charge in [0, 0.05) is 11.1 Å². The van der Waals surface area contributed by atoms with Crippen LogP contribution in [-0.2, 0) is 38.7 Å². The third-order valence-corrected chi connectivity index (χ3v) is 6.35. The third kappa shape index (κ3) is 4.98. The Labute approximate surface area is 222 Å². The van der Waals surface area contributed by atoms with Gasteiger partial charge in [0.15, 0.2) is 0 Å². The Morgan fingerprint density at radius 1 is 0.875 bits per heavy atom. The molecule has 1 nitrogen and oxygen atoms in total. The Bertz CT molecular complexity index is 1240. The summed E-state index contributed by atoms with van der Waals surface area (Å²) in [6, 6.07) is 28.5. The molecule has 0 radical (unpaired) electrons. The molecule has 1 aromatic heterocycles. The van der Waals surface area contributed by atoms with E-state index in [4.69, 9.17) is 0 Å². The molecule has 1 heterocycles. The fourth-order valence-corrected chi connectivity index (χ4v) is 4.65. The van der Waals surface area contributed by atoms with Crippen LogP contribution in [-0.4, -0.2) is 4.57 Å². The molecule has 0 atom stereocenters. The summed E-state index contributed by atoms with van der Waals surface area (Å²) >= 11 is 0. The first-order chi connectivity index (χ1) is 14.2. The molecule has 32 heavy (non-hydrogen) atoms. The normalized spacial score (nSPS) is 12.1. The number of hydrogen-bond acceptors (Lipinski definition) is 0. The van der Waals surface area contributed by atoms with E-state index in [-0.39, 0.29) is 50.7 Å². The van der Waals surface area contributed by atoms with Gasteiger partial charge in [0.25, 0.3) is 0 Å². The number of rotatable bonds is 1. The molecule has 1 aliphatic carbocycles. The number of fused-ring (bicyclic) bond motifs is 4. The molecule has 0 spiro atoms. The summed E-state index contributed by atoms with van der Waals surface area (Å²) in [6.45, 7) is 4.24. The third-order valence-electron chi connectivity index (χ3n) is 6.35. The van der Waals surface area contributed by atoms with Crippen LogP contribution >= 0.6 is 0 Å². The molecule has 4 heteroatoms. The molecule has 0 saturated carbocycles. The quantitative estimate of drug-likeness (QED) is 0.196. The van der Waals surface area contributed by atoms with Crippen LogP contribution in [0.4, 0.5) is 0 Å². The van der Waals surface area contributed by atoms with Gasteiger partial charge in [-0.3, -0.25) is 0 Å². The van der Waals surface area contributed by atoms with E-state index in [0.29, 0.717) is 0 Å². The zero-order chi connectivity index (χ0) is 19.8. The standard InChI is InChI=1S/C21H18N.C7H9.2ClH.Hf/c1-2-8-16-14-17(13-15(16)7-1)22-20-11-5-3-9-18(20)19-10-4-6-12-21(19)22;1-6-4-3-5-7(6)2;;;/h1-3,5,7-9,11,13-14H,4,6,10,12H2;3-5H,1-2H3;2*1H;/q2*-1;;;+4/p-2. The van der Waals surface area contributed by atoms with Gasteiger partial charge in [0.1, 0.15) is 0 Å². The predicted octanol–water partition coefficient (Wildman–Crippen LogP) is 1.41. The second kappa shape index (κ2) is 11.5. The van der Waals surface area contributed by atoms with E-state index in [0.717, 1.165) is 0 Å². The van der Waals surface area contributed by atoms with Crippen LogP contribution in [0.1, 0.15) is 35.2 Å². The van der Waals surface area contributed by atoms with E-state index < -0.39 is 0 Å². The minimum Gasteiger partial charge on any atom is -1.00 e. The zero-order valence-electron chi connectivity index (χ0n) is 18.5. The van der Waals surface area contributed by atoms with Crippen LogP contribution in [0.2, 0.25) is 0 Å². The molecule has 162 valence electrons. The molecular weight excluding hydrogens is 600 g/mol. The topological polar surface area (TPSA) is 4.93 Å². The van der Waals surface area contributed by atoms with Gasteiger partial charge in [-0.25, -0.2) is 12.1 Å². The maximum Gasteiger partial charge on any atom is 4.00 e. The molecule has 1 aliphatic rings. The largest absolute Gasteiger partial charge is 4.00 e. The Hall–Kier alpha value is -1.61. The van der Waals surface area contributed by atoms with Crippen molar-refractivity contribution in [3.63, 3.8) is 0 Å². The number of aryl methyl sites for hydroxylation is 3. The summed E-state index contributed by atoms with van der Waals surface area (Å²) in [4.78, 5) is 0. The van der Waals surface area contributed by atoms with Gasteiger partial charge < -0.3 is 29.4 Å². The van der Waals surface area contributed by atoms with Crippen molar-refractivity contribution in [2.75, 3.05) is 0 Å². The van der Waals surface area contributed by atoms with Gasteiger partial charge in [-0.2, -0.15) is 17.2 Å². The van der Waals surface area contributed by atoms with Gasteiger partial charge in [-0.05, 0) is 43.0 Å². The molecule has 5 aromatic rings. The average Bonchev–Trinajstić information content (AvgIpc) is 3.43. The van der Waals surface area contributed by atoms with E-state index in [1.54, 1.807) is 5.56 Å². The van der Waals surface area contributed by atoms with Crippen LogP contribution in [0, 0.1) is 13.8 Å². The molecule has 0 aliphatic heterocycles. The molecule has 0 saturated heterocycles. The summed E-state index contributed by atoms with van der Waals surface area (Å²) in [5, 5.41) is 4.11. The van der Waals surface area contributed by atoms with Crippen molar-refractivity contribution in [1.29, 1.82) is 0 Å². The number of hydrogen-bond donors (Lipinski definition) is 0. The Kier molecular flexibility index (Phi) is 9.57. The molecule has 0 unspecified atom stereocenters. The van der Waals surface area contributed by atoms with Crippen LogP contribution < -0.4 is 24.8 Å². The van der Waals surface area contributed by atoms with E-state index in [1.807, 2.05) is 0 Å². The summed E-state index contributed by atoms with van der Waals surface area (Å²) in [5.74, 6) is 0. The maximum atomic E-state index is 2.50. The van der Waals surface area contributed by atoms with Crippen molar-refractivity contribution < 1.29 is 50.7 Å². The number of benzene rings is 2. The minimum absolute atomic E-state index is 0. The Morgan fingerprint density at radius 2 is 1.59 bits per heavy atom. The van der Waals surface area contributed by atoms with Crippen molar-refractivity contribution in [3.05, 3.63) is 101 Å². The Morgan fingerprint density at radius 3 is 2.28 bits per heavy atom. The fraction of sp³-hybridized carbons (Fsp3) is 0.214. The first-order valence-electron chi connectivity index (χ1n) is 10.7. The van der Waals surface area contributed by atoms with Crippen LogP contribution in [0.25, 0.3) is 27.4 Å². The first-order valence-corrected chi connectivity index (χ1v) is 10.7. The predicted molar refractivity (Wildman–Crippen MR) is 125 cm³/mol. The molecule has 0 fully saturated rings. The number of halogens is 2. The van der Waals surface area contributed by atoms with Crippen molar-refractivity contribution >= 4 is 21.7 Å².